The number of carbonyl (C=O) groups is 1. The van der Waals surface area contributed by atoms with E-state index in [1.807, 2.05) is 0 Å². The molecule has 124 valence electrons. The number of nitrogens with zero attached hydrogens (tertiary/aromatic N) is 1. The number of carbonyl (C=O) groups excluding carboxylic acids is 1. The van der Waals surface area contributed by atoms with E-state index in [1.54, 1.807) is 18.2 Å². The van der Waals surface area contributed by atoms with Crippen LogP contribution in [0.25, 0.3) is 0 Å². The normalized spacial score (nSPS) is 10.1. The Morgan fingerprint density at radius 3 is 2.50 bits per heavy atom. The lowest BCUT2D eigenvalue weighted by Gasteiger charge is -2.11. The van der Waals surface area contributed by atoms with Crippen LogP contribution in [0, 0.1) is 10.1 Å². The molecule has 0 heterocycles. The molecule has 10 heteroatoms. The van der Waals surface area contributed by atoms with Crippen molar-refractivity contribution in [1.82, 2.24) is 5.32 Å². The van der Waals surface area contributed by atoms with Crippen LogP contribution in [0.15, 0.2) is 36.4 Å². The minimum atomic E-state index is -0.679. The number of amides is 1. The van der Waals surface area contributed by atoms with Crippen LogP contribution >= 0.6 is 47.0 Å². The molecule has 0 bridgehead atoms. The van der Waals surface area contributed by atoms with Crippen molar-refractivity contribution in [2.24, 2.45) is 0 Å². The van der Waals surface area contributed by atoms with Crippen LogP contribution in [0.1, 0.15) is 10.4 Å². The van der Waals surface area contributed by atoms with Crippen LogP contribution in [0.3, 0.4) is 0 Å². The minimum absolute atomic E-state index is 0.0347. The Morgan fingerprint density at radius 2 is 1.83 bits per heavy atom. The van der Waals surface area contributed by atoms with Gasteiger partial charge in [0.15, 0.2) is 5.11 Å². The number of nitro groups is 1. The third kappa shape index (κ3) is 4.33. The lowest BCUT2D eigenvalue weighted by atomic mass is 10.2. The number of nitro benzene ring substituents is 1. The Hall–Kier alpha value is -1.93. The summed E-state index contributed by atoms with van der Waals surface area (Å²) in [6.45, 7) is 0. The van der Waals surface area contributed by atoms with Gasteiger partial charge in [0.2, 0.25) is 0 Å². The summed E-state index contributed by atoms with van der Waals surface area (Å²) in [6.07, 6.45) is 0. The SMILES string of the molecule is O=C(NC(=S)Nc1cccc(Cl)c1Cl)c1ccc(Cl)c([N+](=O)[O-])c1. The summed E-state index contributed by atoms with van der Waals surface area (Å²) in [6, 6.07) is 8.55. The highest BCUT2D eigenvalue weighted by atomic mass is 35.5. The van der Waals surface area contributed by atoms with Crippen molar-refractivity contribution in [2.45, 2.75) is 0 Å². The fourth-order valence-corrected chi connectivity index (χ4v) is 2.46. The standard InChI is InChI=1S/C14H8Cl3N3O3S/c15-8-5-4-7(6-11(8)20(22)23)13(21)19-14(24)18-10-3-1-2-9(16)12(10)17/h1-6H,(H2,18,19,21,24). The first-order valence-electron chi connectivity index (χ1n) is 6.30. The van der Waals surface area contributed by atoms with Gasteiger partial charge in [0, 0.05) is 11.6 Å². The average molecular weight is 405 g/mol. The molecule has 0 spiro atoms. The van der Waals surface area contributed by atoms with Crippen LogP contribution in [0.2, 0.25) is 15.1 Å². The van der Waals surface area contributed by atoms with Crippen LogP contribution < -0.4 is 10.6 Å². The maximum atomic E-state index is 12.1. The van der Waals surface area contributed by atoms with E-state index >= 15 is 0 Å². The van der Waals surface area contributed by atoms with E-state index in [-0.39, 0.29) is 26.4 Å². The van der Waals surface area contributed by atoms with Crippen LogP contribution in [0.5, 0.6) is 0 Å². The molecule has 0 aliphatic rings. The smallest absolute Gasteiger partial charge is 0.288 e. The van der Waals surface area contributed by atoms with Crippen LogP contribution in [-0.4, -0.2) is 15.9 Å². The molecular formula is C14H8Cl3N3O3S. The van der Waals surface area contributed by atoms with E-state index in [0.29, 0.717) is 10.7 Å². The molecule has 2 N–H and O–H groups in total. The molecule has 2 aromatic rings. The third-order valence-corrected chi connectivity index (χ3v) is 4.17. The van der Waals surface area contributed by atoms with Gasteiger partial charge < -0.3 is 5.32 Å². The van der Waals surface area contributed by atoms with Crippen molar-refractivity contribution in [1.29, 1.82) is 0 Å². The van der Waals surface area contributed by atoms with Gasteiger partial charge in [-0.2, -0.15) is 0 Å². The van der Waals surface area contributed by atoms with Gasteiger partial charge in [0.1, 0.15) is 5.02 Å². The molecule has 0 aromatic heterocycles. The van der Waals surface area contributed by atoms with Crippen LogP contribution in [0.4, 0.5) is 11.4 Å². The Balaban J connectivity index is 2.12. The van der Waals surface area contributed by atoms with E-state index in [1.165, 1.54) is 12.1 Å². The molecule has 0 aliphatic heterocycles. The number of thiocarbonyl (C=S) groups is 1. The van der Waals surface area contributed by atoms with Crippen molar-refractivity contribution in [3.8, 4) is 0 Å². The second kappa shape index (κ2) is 7.76. The molecule has 2 rings (SSSR count). The topological polar surface area (TPSA) is 84.3 Å². The highest BCUT2D eigenvalue weighted by Gasteiger charge is 2.17. The maximum Gasteiger partial charge on any atom is 0.288 e. The van der Waals surface area contributed by atoms with Crippen molar-refractivity contribution >= 4 is 69.4 Å². The monoisotopic (exact) mass is 403 g/mol. The van der Waals surface area contributed by atoms with E-state index < -0.39 is 10.8 Å². The zero-order chi connectivity index (χ0) is 17.9. The number of anilines is 1. The highest BCUT2D eigenvalue weighted by Crippen LogP contribution is 2.29. The van der Waals surface area contributed by atoms with Gasteiger partial charge in [0.05, 0.1) is 20.7 Å². The molecule has 6 nitrogen and oxygen atoms in total. The van der Waals surface area contributed by atoms with Crippen molar-refractivity contribution in [3.05, 3.63) is 67.1 Å². The van der Waals surface area contributed by atoms with Crippen LogP contribution in [-0.2, 0) is 0 Å². The van der Waals surface area contributed by atoms with Gasteiger partial charge in [0.25, 0.3) is 11.6 Å². The largest absolute Gasteiger partial charge is 0.331 e. The number of hydrogen-bond acceptors (Lipinski definition) is 4. The fourth-order valence-electron chi connectivity index (χ4n) is 1.72. The molecule has 0 aliphatic carbocycles. The van der Waals surface area contributed by atoms with Gasteiger partial charge in [-0.3, -0.25) is 20.2 Å². The minimum Gasteiger partial charge on any atom is -0.331 e. The molecule has 2 aromatic carbocycles. The third-order valence-electron chi connectivity index (χ3n) is 2.83. The Bertz CT molecular complexity index is 845. The first kappa shape index (κ1) is 18.4. The van der Waals surface area contributed by atoms with E-state index in [0.717, 1.165) is 6.07 Å². The Labute approximate surface area is 156 Å². The van der Waals surface area contributed by atoms with Crippen molar-refractivity contribution < 1.29 is 9.72 Å². The zero-order valence-electron chi connectivity index (χ0n) is 11.7. The second-order valence-electron chi connectivity index (χ2n) is 4.43. The number of benzene rings is 2. The van der Waals surface area contributed by atoms with Crippen molar-refractivity contribution in [3.63, 3.8) is 0 Å². The van der Waals surface area contributed by atoms with Gasteiger partial charge >= 0.3 is 0 Å². The molecule has 0 fully saturated rings. The van der Waals surface area contributed by atoms with Gasteiger partial charge in [-0.1, -0.05) is 40.9 Å². The first-order chi connectivity index (χ1) is 11.3. The molecular weight excluding hydrogens is 397 g/mol. The van der Waals surface area contributed by atoms with E-state index in [4.69, 9.17) is 47.0 Å². The Morgan fingerprint density at radius 1 is 1.12 bits per heavy atom. The Kier molecular flexibility index (Phi) is 5.95. The summed E-state index contributed by atoms with van der Waals surface area (Å²) in [5, 5.41) is 16.4. The van der Waals surface area contributed by atoms with Crippen molar-refractivity contribution in [2.75, 3.05) is 5.32 Å². The predicted molar refractivity (Wildman–Crippen MR) is 98.3 cm³/mol. The summed E-state index contributed by atoms with van der Waals surface area (Å²) in [4.78, 5) is 22.3. The van der Waals surface area contributed by atoms with Gasteiger partial charge in [-0.15, -0.1) is 0 Å². The molecule has 24 heavy (non-hydrogen) atoms. The molecule has 0 saturated carbocycles. The first-order valence-corrected chi connectivity index (χ1v) is 7.84. The van der Waals surface area contributed by atoms with Gasteiger partial charge in [-0.25, -0.2) is 0 Å². The summed E-state index contributed by atoms with van der Waals surface area (Å²) in [5.74, 6) is -0.634. The number of nitrogens with one attached hydrogen (secondary N) is 2. The molecule has 0 unspecified atom stereocenters. The quantitative estimate of drug-likeness (QED) is 0.441. The lowest BCUT2D eigenvalue weighted by molar-refractivity contribution is -0.384. The zero-order valence-corrected chi connectivity index (χ0v) is 14.8. The summed E-state index contributed by atoms with van der Waals surface area (Å²) < 4.78 is 0. The fraction of sp³-hybridized carbons (Fsp3) is 0. The number of rotatable bonds is 3. The molecule has 0 atom stereocenters. The lowest BCUT2D eigenvalue weighted by Crippen LogP contribution is -2.34. The van der Waals surface area contributed by atoms with E-state index in [9.17, 15) is 14.9 Å². The second-order valence-corrected chi connectivity index (χ2v) is 6.03. The van der Waals surface area contributed by atoms with E-state index in [2.05, 4.69) is 10.6 Å². The summed E-state index contributed by atoms with van der Waals surface area (Å²) in [7, 11) is 0. The number of hydrogen-bond donors (Lipinski definition) is 2. The highest BCUT2D eigenvalue weighted by molar-refractivity contribution is 7.80. The predicted octanol–water partition coefficient (Wildman–Crippen LogP) is 4.68. The molecule has 1 amide bonds. The summed E-state index contributed by atoms with van der Waals surface area (Å²) in [5.41, 5.74) is 0.0741. The van der Waals surface area contributed by atoms with Gasteiger partial charge in [-0.05, 0) is 36.5 Å². The summed E-state index contributed by atoms with van der Waals surface area (Å²) >= 11 is 22.6. The maximum absolute atomic E-state index is 12.1. The molecule has 0 radical (unpaired) electrons. The molecule has 0 saturated heterocycles. The average Bonchev–Trinajstić information content (AvgIpc) is 2.51. The number of halogens is 3.